The minimum Gasteiger partial charge on any atom is -0.336 e. The van der Waals surface area contributed by atoms with Gasteiger partial charge in [0.05, 0.1) is 5.56 Å². The summed E-state index contributed by atoms with van der Waals surface area (Å²) in [4.78, 5) is 38.5. The van der Waals surface area contributed by atoms with Gasteiger partial charge in [-0.3, -0.25) is 14.2 Å². The number of rotatable bonds is 2. The van der Waals surface area contributed by atoms with Crippen LogP contribution in [0.3, 0.4) is 0 Å². The lowest BCUT2D eigenvalue weighted by atomic mass is 9.78. The number of fused-ring (bicyclic) bond motifs is 1. The number of hydrogen-bond acceptors (Lipinski definition) is 3. The summed E-state index contributed by atoms with van der Waals surface area (Å²) in [6.45, 7) is 0.801. The Morgan fingerprint density at radius 3 is 2.62 bits per heavy atom. The van der Waals surface area contributed by atoms with E-state index in [1.807, 2.05) is 4.90 Å². The van der Waals surface area contributed by atoms with Gasteiger partial charge in [-0.05, 0) is 37.7 Å². The summed E-state index contributed by atoms with van der Waals surface area (Å²) in [7, 11) is 3.04. The topological polar surface area (TPSA) is 64.3 Å². The van der Waals surface area contributed by atoms with Crippen LogP contribution in [0.15, 0.2) is 21.9 Å². The Morgan fingerprint density at radius 2 is 1.83 bits per heavy atom. The molecule has 2 aliphatic rings. The molecule has 1 saturated heterocycles. The van der Waals surface area contributed by atoms with Gasteiger partial charge in [0.15, 0.2) is 0 Å². The second kappa shape index (κ2) is 6.79. The molecular weight excluding hydrogens is 306 g/mol. The number of hydrogen-bond donors (Lipinski definition) is 0. The fourth-order valence-corrected chi connectivity index (χ4v) is 4.11. The van der Waals surface area contributed by atoms with Crippen LogP contribution in [0.4, 0.5) is 0 Å². The smallest absolute Gasteiger partial charge is 0.330 e. The maximum atomic E-state index is 12.6. The molecule has 1 saturated carbocycles. The molecule has 6 nitrogen and oxygen atoms in total. The highest BCUT2D eigenvalue weighted by Crippen LogP contribution is 2.35. The van der Waals surface area contributed by atoms with Crippen molar-refractivity contribution in [1.82, 2.24) is 14.0 Å². The molecular formula is C18H25N3O3. The first kappa shape index (κ1) is 16.7. The van der Waals surface area contributed by atoms with E-state index in [4.69, 9.17) is 0 Å². The lowest BCUT2D eigenvalue weighted by Crippen LogP contribution is -2.49. The Kier molecular flexibility index (Phi) is 4.73. The molecule has 1 aromatic rings. The average molecular weight is 331 g/mol. The van der Waals surface area contributed by atoms with Crippen LogP contribution in [0.2, 0.25) is 0 Å². The molecule has 2 fully saturated rings. The first-order valence-electron chi connectivity index (χ1n) is 8.74. The molecule has 0 spiro atoms. The van der Waals surface area contributed by atoms with E-state index >= 15 is 0 Å². The number of amides is 1. The van der Waals surface area contributed by atoms with Crippen molar-refractivity contribution in [3.8, 4) is 0 Å². The van der Waals surface area contributed by atoms with E-state index in [1.54, 1.807) is 7.05 Å². The van der Waals surface area contributed by atoms with Crippen molar-refractivity contribution < 1.29 is 4.79 Å². The fourth-order valence-electron chi connectivity index (χ4n) is 4.11. The third-order valence-electron chi connectivity index (χ3n) is 5.40. The molecule has 3 rings (SSSR count). The van der Waals surface area contributed by atoms with E-state index in [9.17, 15) is 14.4 Å². The summed E-state index contributed by atoms with van der Waals surface area (Å²) in [5.41, 5.74) is -0.397. The van der Waals surface area contributed by atoms with E-state index in [0.717, 1.165) is 24.0 Å². The van der Waals surface area contributed by atoms with Crippen molar-refractivity contribution in [2.75, 3.05) is 6.54 Å². The summed E-state index contributed by atoms with van der Waals surface area (Å²) in [5.74, 6) is 0.609. The maximum absolute atomic E-state index is 12.6. The lowest BCUT2D eigenvalue weighted by Gasteiger charge is -2.43. The molecule has 0 radical (unpaired) electrons. The predicted octanol–water partition coefficient (Wildman–Crippen LogP) is 1.28. The molecule has 0 bridgehead atoms. The fraction of sp³-hybridized carbons (Fsp3) is 0.611. The van der Waals surface area contributed by atoms with Crippen molar-refractivity contribution in [2.45, 2.75) is 44.6 Å². The van der Waals surface area contributed by atoms with Crippen molar-refractivity contribution in [3.05, 3.63) is 38.7 Å². The van der Waals surface area contributed by atoms with Gasteiger partial charge in [-0.25, -0.2) is 4.79 Å². The molecule has 6 heteroatoms. The van der Waals surface area contributed by atoms with Crippen LogP contribution in [0.5, 0.6) is 0 Å². The second-order valence-corrected chi connectivity index (χ2v) is 6.96. The number of carbonyl (C=O) groups is 1. The second-order valence-electron chi connectivity index (χ2n) is 6.96. The maximum Gasteiger partial charge on any atom is 0.330 e. The summed E-state index contributed by atoms with van der Waals surface area (Å²) < 4.78 is 2.41. The van der Waals surface area contributed by atoms with E-state index < -0.39 is 0 Å². The van der Waals surface area contributed by atoms with Gasteiger partial charge >= 0.3 is 5.69 Å². The molecule has 1 aliphatic heterocycles. The molecule has 1 aromatic heterocycles. The number of piperidine rings is 1. The Bertz CT molecular complexity index is 773. The third kappa shape index (κ3) is 3.09. The zero-order valence-electron chi connectivity index (χ0n) is 14.4. The number of likely N-dealkylation sites (tertiary alicyclic amines) is 1. The van der Waals surface area contributed by atoms with Crippen LogP contribution in [-0.4, -0.2) is 32.5 Å². The largest absolute Gasteiger partial charge is 0.336 e. The summed E-state index contributed by atoms with van der Waals surface area (Å²) >= 11 is 0. The van der Waals surface area contributed by atoms with Gasteiger partial charge in [-0.2, -0.15) is 0 Å². The highest BCUT2D eigenvalue weighted by molar-refractivity contribution is 5.92. The first-order chi connectivity index (χ1) is 11.5. The van der Waals surface area contributed by atoms with Crippen LogP contribution >= 0.6 is 0 Å². The molecule has 24 heavy (non-hydrogen) atoms. The summed E-state index contributed by atoms with van der Waals surface area (Å²) in [6.07, 6.45) is 11.6. The minimum absolute atomic E-state index is 0.0255. The highest BCUT2D eigenvalue weighted by Gasteiger charge is 2.34. The van der Waals surface area contributed by atoms with Gasteiger partial charge in [0.2, 0.25) is 5.91 Å². The molecule has 130 valence electrons. The van der Waals surface area contributed by atoms with E-state index in [2.05, 4.69) is 0 Å². The molecule has 2 heterocycles. The molecule has 2 unspecified atom stereocenters. The van der Waals surface area contributed by atoms with Crippen LogP contribution in [0.1, 0.15) is 44.1 Å². The molecule has 1 amide bonds. The molecule has 0 N–H and O–H groups in total. The van der Waals surface area contributed by atoms with Gasteiger partial charge in [0.25, 0.3) is 5.56 Å². The zero-order valence-corrected chi connectivity index (χ0v) is 14.4. The molecule has 1 aliphatic carbocycles. The Balaban J connectivity index is 1.80. The molecule has 0 aromatic carbocycles. The van der Waals surface area contributed by atoms with Gasteiger partial charge < -0.3 is 9.47 Å². The predicted molar refractivity (Wildman–Crippen MR) is 92.7 cm³/mol. The Hall–Kier alpha value is -2.11. The van der Waals surface area contributed by atoms with Crippen LogP contribution in [0.25, 0.3) is 6.08 Å². The third-order valence-corrected chi connectivity index (χ3v) is 5.40. The van der Waals surface area contributed by atoms with E-state index in [-0.39, 0.29) is 17.2 Å². The van der Waals surface area contributed by atoms with Crippen LogP contribution < -0.4 is 11.2 Å². The van der Waals surface area contributed by atoms with Crippen molar-refractivity contribution in [3.63, 3.8) is 0 Å². The van der Waals surface area contributed by atoms with Crippen molar-refractivity contribution in [1.29, 1.82) is 0 Å². The number of aromatic nitrogens is 2. The number of carbonyl (C=O) groups excluding carboxylic acids is 1. The highest BCUT2D eigenvalue weighted by atomic mass is 16.2. The van der Waals surface area contributed by atoms with Gasteiger partial charge in [0.1, 0.15) is 0 Å². The van der Waals surface area contributed by atoms with Crippen LogP contribution in [-0.2, 0) is 18.9 Å². The van der Waals surface area contributed by atoms with Gasteiger partial charge in [-0.1, -0.05) is 12.8 Å². The van der Waals surface area contributed by atoms with Gasteiger partial charge in [-0.15, -0.1) is 0 Å². The van der Waals surface area contributed by atoms with Crippen molar-refractivity contribution >= 4 is 12.0 Å². The molecule has 2 atom stereocenters. The quantitative estimate of drug-likeness (QED) is 0.767. The first-order valence-corrected chi connectivity index (χ1v) is 8.74. The monoisotopic (exact) mass is 331 g/mol. The Labute approximate surface area is 141 Å². The lowest BCUT2D eigenvalue weighted by molar-refractivity contribution is -0.132. The van der Waals surface area contributed by atoms with E-state index in [0.29, 0.717) is 17.5 Å². The minimum atomic E-state index is -0.378. The average Bonchev–Trinajstić information content (AvgIpc) is 2.61. The number of nitrogens with zero attached hydrogens (tertiary/aromatic N) is 3. The van der Waals surface area contributed by atoms with Crippen molar-refractivity contribution in [2.24, 2.45) is 20.0 Å². The van der Waals surface area contributed by atoms with E-state index in [1.165, 1.54) is 55.6 Å². The number of aryl methyl sites for hydroxylation is 1. The summed E-state index contributed by atoms with van der Waals surface area (Å²) in [6, 6.07) is 0.354. The summed E-state index contributed by atoms with van der Waals surface area (Å²) in [5, 5.41) is 0. The Morgan fingerprint density at radius 1 is 1.12 bits per heavy atom. The van der Waals surface area contributed by atoms with Crippen LogP contribution in [0, 0.1) is 5.92 Å². The standard InChI is InChI=1S/C18H25N3O3/c1-19-12-14(17(23)20(2)18(19)24)9-10-16(22)21-11-5-7-13-6-3-4-8-15(13)21/h9-10,12-13,15H,3-8,11H2,1-2H3/b10-9+. The SMILES string of the molecule is Cn1cc(/C=C/C(=O)N2CCCC3CCCCC32)c(=O)n(C)c1=O. The van der Waals surface area contributed by atoms with Gasteiger partial charge in [0, 0.05) is 39.0 Å². The zero-order chi connectivity index (χ0) is 17.3. The normalized spacial score (nSPS) is 24.2.